The van der Waals surface area contributed by atoms with E-state index in [1.54, 1.807) is 18.2 Å². The number of aromatic carboxylic acids is 1. The van der Waals surface area contributed by atoms with Crippen molar-refractivity contribution in [2.24, 2.45) is 0 Å². The van der Waals surface area contributed by atoms with Crippen LogP contribution >= 0.6 is 27.5 Å². The molecule has 0 atom stereocenters. The highest BCUT2D eigenvalue weighted by molar-refractivity contribution is 9.10. The average Bonchev–Trinajstić information content (AvgIpc) is 2.77. The van der Waals surface area contributed by atoms with Crippen LogP contribution in [0.5, 0.6) is 0 Å². The molecule has 2 aromatic rings. The SMILES string of the molecule is O=C(O)c1cc(NC(=O)c2ccc(Br)cc2Cl)n[nH]1. The number of carbonyl (C=O) groups excluding carboxylic acids is 1. The van der Waals surface area contributed by atoms with Gasteiger partial charge in [-0.3, -0.25) is 9.89 Å². The second-order valence-electron chi connectivity index (χ2n) is 3.55. The molecule has 0 saturated heterocycles. The molecule has 1 amide bonds. The third-order valence-corrected chi connectivity index (χ3v) is 3.03. The summed E-state index contributed by atoms with van der Waals surface area (Å²) < 4.78 is 0.752. The number of carbonyl (C=O) groups is 2. The van der Waals surface area contributed by atoms with Crippen molar-refractivity contribution in [3.8, 4) is 0 Å². The first-order valence-electron chi connectivity index (χ1n) is 5.02. The molecule has 0 saturated carbocycles. The zero-order chi connectivity index (χ0) is 14.0. The van der Waals surface area contributed by atoms with E-state index in [0.29, 0.717) is 0 Å². The van der Waals surface area contributed by atoms with Gasteiger partial charge < -0.3 is 10.4 Å². The Morgan fingerprint density at radius 3 is 2.68 bits per heavy atom. The van der Waals surface area contributed by atoms with Crippen molar-refractivity contribution in [2.45, 2.75) is 0 Å². The number of anilines is 1. The largest absolute Gasteiger partial charge is 0.477 e. The minimum atomic E-state index is -1.16. The van der Waals surface area contributed by atoms with E-state index in [2.05, 4.69) is 31.4 Å². The van der Waals surface area contributed by atoms with E-state index in [-0.39, 0.29) is 22.1 Å². The number of H-pyrrole nitrogens is 1. The predicted octanol–water partition coefficient (Wildman–Crippen LogP) is 2.78. The average molecular weight is 345 g/mol. The highest BCUT2D eigenvalue weighted by atomic mass is 79.9. The van der Waals surface area contributed by atoms with Crippen LogP contribution in [0, 0.1) is 0 Å². The Balaban J connectivity index is 2.18. The summed E-state index contributed by atoms with van der Waals surface area (Å²) >= 11 is 9.17. The normalized spacial score (nSPS) is 10.2. The van der Waals surface area contributed by atoms with Gasteiger partial charge in [-0.05, 0) is 18.2 Å². The zero-order valence-corrected chi connectivity index (χ0v) is 11.6. The van der Waals surface area contributed by atoms with E-state index in [9.17, 15) is 9.59 Å². The highest BCUT2D eigenvalue weighted by Crippen LogP contribution is 2.22. The molecule has 6 nitrogen and oxygen atoms in total. The topological polar surface area (TPSA) is 95.1 Å². The van der Waals surface area contributed by atoms with Crippen LogP contribution in [-0.4, -0.2) is 27.2 Å². The summed E-state index contributed by atoms with van der Waals surface area (Å²) in [4.78, 5) is 22.6. The van der Waals surface area contributed by atoms with Crippen molar-refractivity contribution >= 4 is 45.2 Å². The molecule has 0 radical (unpaired) electrons. The van der Waals surface area contributed by atoms with Crippen LogP contribution in [0.3, 0.4) is 0 Å². The number of nitrogens with one attached hydrogen (secondary N) is 2. The quantitative estimate of drug-likeness (QED) is 0.798. The number of benzene rings is 1. The summed E-state index contributed by atoms with van der Waals surface area (Å²) in [5.41, 5.74) is 0.155. The number of nitrogens with zero attached hydrogens (tertiary/aromatic N) is 1. The zero-order valence-electron chi connectivity index (χ0n) is 9.28. The smallest absolute Gasteiger partial charge is 0.353 e. The molecular weight excluding hydrogens is 337 g/mol. The fourth-order valence-electron chi connectivity index (χ4n) is 1.35. The van der Waals surface area contributed by atoms with Gasteiger partial charge in [0.1, 0.15) is 5.69 Å². The van der Waals surface area contributed by atoms with Crippen molar-refractivity contribution < 1.29 is 14.7 Å². The van der Waals surface area contributed by atoms with Gasteiger partial charge in [0.05, 0.1) is 10.6 Å². The molecule has 1 aromatic heterocycles. The molecule has 2 rings (SSSR count). The first-order chi connectivity index (χ1) is 8.97. The van der Waals surface area contributed by atoms with E-state index < -0.39 is 11.9 Å². The second kappa shape index (κ2) is 5.41. The van der Waals surface area contributed by atoms with Gasteiger partial charge in [-0.1, -0.05) is 27.5 Å². The summed E-state index contributed by atoms with van der Waals surface area (Å²) in [6.45, 7) is 0. The van der Waals surface area contributed by atoms with Gasteiger partial charge in [-0.15, -0.1) is 0 Å². The minimum absolute atomic E-state index is 0.112. The number of aromatic nitrogens is 2. The fourth-order valence-corrected chi connectivity index (χ4v) is 2.11. The Bertz CT molecular complexity index is 656. The Labute approximate surface area is 120 Å². The van der Waals surface area contributed by atoms with Crippen molar-refractivity contribution in [3.63, 3.8) is 0 Å². The molecule has 8 heteroatoms. The first-order valence-corrected chi connectivity index (χ1v) is 6.19. The Hall–Kier alpha value is -1.86. The monoisotopic (exact) mass is 343 g/mol. The Kier molecular flexibility index (Phi) is 3.87. The van der Waals surface area contributed by atoms with Crippen LogP contribution in [0.15, 0.2) is 28.7 Å². The molecule has 0 unspecified atom stereocenters. The lowest BCUT2D eigenvalue weighted by molar-refractivity contribution is 0.0690. The lowest BCUT2D eigenvalue weighted by Gasteiger charge is -2.04. The van der Waals surface area contributed by atoms with Crippen LogP contribution in [0.4, 0.5) is 5.82 Å². The van der Waals surface area contributed by atoms with Crippen LogP contribution in [0.1, 0.15) is 20.8 Å². The van der Waals surface area contributed by atoms with Gasteiger partial charge in [-0.2, -0.15) is 5.10 Å². The van der Waals surface area contributed by atoms with Crippen molar-refractivity contribution in [1.82, 2.24) is 10.2 Å². The molecular formula is C11H7BrClN3O3. The number of carboxylic acids is 1. The van der Waals surface area contributed by atoms with E-state index >= 15 is 0 Å². The maximum atomic E-state index is 11.9. The number of amides is 1. The molecule has 0 aliphatic heterocycles. The fraction of sp³-hybridized carbons (Fsp3) is 0. The number of aromatic amines is 1. The van der Waals surface area contributed by atoms with Gasteiger partial charge >= 0.3 is 5.97 Å². The molecule has 0 aliphatic carbocycles. The van der Waals surface area contributed by atoms with Crippen LogP contribution in [-0.2, 0) is 0 Å². The Morgan fingerprint density at radius 2 is 2.11 bits per heavy atom. The maximum Gasteiger partial charge on any atom is 0.353 e. The van der Waals surface area contributed by atoms with Gasteiger partial charge in [0.25, 0.3) is 5.91 Å². The lowest BCUT2D eigenvalue weighted by Crippen LogP contribution is -2.12. The van der Waals surface area contributed by atoms with Crippen molar-refractivity contribution in [3.05, 3.63) is 45.0 Å². The molecule has 0 bridgehead atoms. The van der Waals surface area contributed by atoms with Gasteiger partial charge in [0.15, 0.2) is 5.82 Å². The first kappa shape index (κ1) is 13.6. The molecule has 0 fully saturated rings. The minimum Gasteiger partial charge on any atom is -0.477 e. The van der Waals surface area contributed by atoms with E-state index in [1.165, 1.54) is 6.07 Å². The molecule has 98 valence electrons. The van der Waals surface area contributed by atoms with Crippen LogP contribution < -0.4 is 5.32 Å². The summed E-state index contributed by atoms with van der Waals surface area (Å²) in [5, 5.41) is 17.4. The molecule has 0 spiro atoms. The predicted molar refractivity (Wildman–Crippen MR) is 72.7 cm³/mol. The number of hydrogen-bond acceptors (Lipinski definition) is 3. The summed E-state index contributed by atoms with van der Waals surface area (Å²) in [5.74, 6) is -1.52. The van der Waals surface area contributed by atoms with Crippen LogP contribution in [0.2, 0.25) is 5.02 Å². The van der Waals surface area contributed by atoms with Gasteiger partial charge in [0, 0.05) is 10.5 Å². The summed E-state index contributed by atoms with van der Waals surface area (Å²) in [6.07, 6.45) is 0. The van der Waals surface area contributed by atoms with Crippen molar-refractivity contribution in [1.29, 1.82) is 0 Å². The third-order valence-electron chi connectivity index (χ3n) is 2.23. The lowest BCUT2D eigenvalue weighted by atomic mass is 10.2. The molecule has 0 aliphatic rings. The summed E-state index contributed by atoms with van der Waals surface area (Å²) in [6, 6.07) is 6.03. The van der Waals surface area contributed by atoms with E-state index in [4.69, 9.17) is 16.7 Å². The molecule has 19 heavy (non-hydrogen) atoms. The molecule has 1 heterocycles. The van der Waals surface area contributed by atoms with E-state index in [0.717, 1.165) is 4.47 Å². The standard InChI is InChI=1S/C11H7BrClN3O3/c12-5-1-2-6(7(13)3-5)10(17)14-9-4-8(11(18)19)15-16-9/h1-4H,(H,18,19)(H2,14,15,16,17). The number of hydrogen-bond donors (Lipinski definition) is 3. The maximum absolute atomic E-state index is 11.9. The van der Waals surface area contributed by atoms with Crippen molar-refractivity contribution in [2.75, 3.05) is 5.32 Å². The third kappa shape index (κ3) is 3.12. The number of rotatable bonds is 3. The second-order valence-corrected chi connectivity index (χ2v) is 4.87. The molecule has 1 aromatic carbocycles. The van der Waals surface area contributed by atoms with Gasteiger partial charge in [-0.25, -0.2) is 4.79 Å². The molecule has 3 N–H and O–H groups in total. The summed E-state index contributed by atoms with van der Waals surface area (Å²) in [7, 11) is 0. The number of halogens is 2. The number of carboxylic acid groups (broad SMARTS) is 1. The van der Waals surface area contributed by atoms with E-state index in [1.807, 2.05) is 0 Å². The van der Waals surface area contributed by atoms with Gasteiger partial charge in [0.2, 0.25) is 0 Å². The highest BCUT2D eigenvalue weighted by Gasteiger charge is 2.14. The van der Waals surface area contributed by atoms with Crippen LogP contribution in [0.25, 0.3) is 0 Å². The Morgan fingerprint density at radius 1 is 1.37 bits per heavy atom.